The molecule has 3 heteroatoms. The molecule has 0 heterocycles. The Morgan fingerprint density at radius 3 is 2.47 bits per heavy atom. The van der Waals surface area contributed by atoms with Crippen molar-refractivity contribution in [1.82, 2.24) is 0 Å². The average Bonchev–Trinajstić information content (AvgIpc) is 2.20. The van der Waals surface area contributed by atoms with E-state index in [1.54, 1.807) is 12.1 Å². The van der Waals surface area contributed by atoms with Crippen molar-refractivity contribution in [1.29, 1.82) is 0 Å². The molecule has 0 amide bonds. The molecular formula is C14H21BrFN. The topological polar surface area (TPSA) is 26.0 Å². The van der Waals surface area contributed by atoms with E-state index in [1.807, 2.05) is 6.07 Å². The molecule has 2 atom stereocenters. The Labute approximate surface area is 112 Å². The van der Waals surface area contributed by atoms with Gasteiger partial charge in [-0.05, 0) is 39.8 Å². The molecule has 1 aromatic rings. The smallest absolute Gasteiger partial charge is 0.142 e. The molecule has 0 saturated carbocycles. The lowest BCUT2D eigenvalue weighted by Gasteiger charge is -2.29. The van der Waals surface area contributed by atoms with E-state index in [0.29, 0.717) is 16.0 Å². The molecule has 0 aliphatic rings. The monoisotopic (exact) mass is 301 g/mol. The Bertz CT molecular complexity index is 384. The van der Waals surface area contributed by atoms with Gasteiger partial charge in [0, 0.05) is 11.6 Å². The maximum absolute atomic E-state index is 13.9. The molecule has 1 rings (SSSR count). The maximum atomic E-state index is 13.9. The molecule has 1 aromatic carbocycles. The summed E-state index contributed by atoms with van der Waals surface area (Å²) in [5.74, 6) is 0.206. The summed E-state index contributed by atoms with van der Waals surface area (Å²) in [6.45, 7) is 8.71. The molecule has 0 aliphatic carbocycles. The fourth-order valence-electron chi connectivity index (χ4n) is 1.67. The van der Waals surface area contributed by atoms with Crippen LogP contribution in [-0.2, 0) is 0 Å². The Morgan fingerprint density at radius 2 is 1.94 bits per heavy atom. The van der Waals surface area contributed by atoms with Crippen molar-refractivity contribution in [2.75, 3.05) is 0 Å². The van der Waals surface area contributed by atoms with Crippen molar-refractivity contribution in [3.8, 4) is 0 Å². The number of benzene rings is 1. The summed E-state index contributed by atoms with van der Waals surface area (Å²) < 4.78 is 14.4. The van der Waals surface area contributed by atoms with Crippen molar-refractivity contribution >= 4 is 15.9 Å². The summed E-state index contributed by atoms with van der Waals surface area (Å²) in [6.07, 6.45) is 0.789. The third-order valence-corrected chi connectivity index (χ3v) is 4.08. The molecule has 1 nitrogen and oxygen atoms in total. The highest BCUT2D eigenvalue weighted by Crippen LogP contribution is 2.33. The molecule has 0 aliphatic heterocycles. The van der Waals surface area contributed by atoms with Gasteiger partial charge in [0.25, 0.3) is 0 Å². The molecule has 0 bridgehead atoms. The minimum atomic E-state index is -0.248. The van der Waals surface area contributed by atoms with Gasteiger partial charge in [0.15, 0.2) is 0 Å². The summed E-state index contributed by atoms with van der Waals surface area (Å²) in [5.41, 5.74) is 6.89. The van der Waals surface area contributed by atoms with Gasteiger partial charge in [0.1, 0.15) is 5.82 Å². The van der Waals surface area contributed by atoms with E-state index in [1.165, 1.54) is 0 Å². The Kier molecular flexibility index (Phi) is 4.73. The standard InChI is InChI=1S/C14H21BrFN/c1-9(14(2,3)4)8-12(17)10-6-5-7-11(15)13(10)16/h5-7,9,12H,8,17H2,1-4H3. The number of rotatable bonds is 3. The van der Waals surface area contributed by atoms with E-state index < -0.39 is 0 Å². The van der Waals surface area contributed by atoms with E-state index in [2.05, 4.69) is 43.6 Å². The maximum Gasteiger partial charge on any atom is 0.142 e. The van der Waals surface area contributed by atoms with Crippen molar-refractivity contribution in [2.24, 2.45) is 17.1 Å². The largest absolute Gasteiger partial charge is 0.324 e. The zero-order chi connectivity index (χ0) is 13.2. The highest BCUT2D eigenvalue weighted by molar-refractivity contribution is 9.10. The Hall–Kier alpha value is -0.410. The van der Waals surface area contributed by atoms with Gasteiger partial charge in [-0.15, -0.1) is 0 Å². The minimum absolute atomic E-state index is 0.195. The average molecular weight is 302 g/mol. The van der Waals surface area contributed by atoms with Crippen LogP contribution in [0.5, 0.6) is 0 Å². The molecular weight excluding hydrogens is 281 g/mol. The molecule has 2 N–H and O–H groups in total. The lowest BCUT2D eigenvalue weighted by Crippen LogP contribution is -2.23. The highest BCUT2D eigenvalue weighted by atomic mass is 79.9. The van der Waals surface area contributed by atoms with Crippen molar-refractivity contribution in [2.45, 2.75) is 40.2 Å². The predicted octanol–water partition coefficient (Wildman–Crippen LogP) is 4.66. The first-order valence-corrected chi connectivity index (χ1v) is 6.72. The van der Waals surface area contributed by atoms with Gasteiger partial charge in [-0.25, -0.2) is 4.39 Å². The molecule has 0 spiro atoms. The van der Waals surface area contributed by atoms with Gasteiger partial charge in [-0.2, -0.15) is 0 Å². The number of halogens is 2. The van der Waals surface area contributed by atoms with E-state index in [4.69, 9.17) is 5.73 Å². The van der Waals surface area contributed by atoms with Crippen LogP contribution >= 0.6 is 15.9 Å². The first-order chi connectivity index (χ1) is 7.73. The quantitative estimate of drug-likeness (QED) is 0.863. The van der Waals surface area contributed by atoms with Crippen molar-refractivity contribution in [3.05, 3.63) is 34.1 Å². The summed E-state index contributed by atoms with van der Waals surface area (Å²) in [7, 11) is 0. The zero-order valence-corrected chi connectivity index (χ0v) is 12.5. The van der Waals surface area contributed by atoms with Gasteiger partial charge in [0.05, 0.1) is 4.47 Å². The number of nitrogens with two attached hydrogens (primary N) is 1. The fourth-order valence-corrected chi connectivity index (χ4v) is 2.05. The lowest BCUT2D eigenvalue weighted by molar-refractivity contribution is 0.232. The van der Waals surface area contributed by atoms with Gasteiger partial charge < -0.3 is 5.73 Å². The first-order valence-electron chi connectivity index (χ1n) is 5.93. The molecule has 17 heavy (non-hydrogen) atoms. The van der Waals surface area contributed by atoms with E-state index in [9.17, 15) is 4.39 Å². The second-order valence-corrected chi connectivity index (χ2v) is 6.61. The molecule has 0 fully saturated rings. The molecule has 0 saturated heterocycles. The molecule has 0 radical (unpaired) electrons. The van der Waals surface area contributed by atoms with Crippen LogP contribution in [0.2, 0.25) is 0 Å². The second-order valence-electron chi connectivity index (χ2n) is 5.75. The summed E-state index contributed by atoms with van der Waals surface area (Å²) in [4.78, 5) is 0. The van der Waals surface area contributed by atoms with Crippen LogP contribution in [0, 0.1) is 17.2 Å². The van der Waals surface area contributed by atoms with Crippen LogP contribution in [0.15, 0.2) is 22.7 Å². The first kappa shape index (κ1) is 14.7. The van der Waals surface area contributed by atoms with E-state index in [0.717, 1.165) is 6.42 Å². The van der Waals surface area contributed by atoms with Crippen molar-refractivity contribution in [3.63, 3.8) is 0 Å². The van der Waals surface area contributed by atoms with Gasteiger partial charge >= 0.3 is 0 Å². The lowest BCUT2D eigenvalue weighted by atomic mass is 9.78. The summed E-state index contributed by atoms with van der Waals surface area (Å²) in [6, 6.07) is 5.03. The van der Waals surface area contributed by atoms with Gasteiger partial charge in [-0.1, -0.05) is 39.8 Å². The Morgan fingerprint density at radius 1 is 1.35 bits per heavy atom. The van der Waals surface area contributed by atoms with Gasteiger partial charge in [0.2, 0.25) is 0 Å². The van der Waals surface area contributed by atoms with E-state index >= 15 is 0 Å². The zero-order valence-electron chi connectivity index (χ0n) is 10.9. The second kappa shape index (κ2) is 5.49. The highest BCUT2D eigenvalue weighted by Gasteiger charge is 2.24. The van der Waals surface area contributed by atoms with Crippen LogP contribution in [-0.4, -0.2) is 0 Å². The normalized spacial score (nSPS) is 15.7. The van der Waals surface area contributed by atoms with Crippen LogP contribution in [0.1, 0.15) is 45.7 Å². The van der Waals surface area contributed by atoms with Crippen LogP contribution in [0.4, 0.5) is 4.39 Å². The number of hydrogen-bond acceptors (Lipinski definition) is 1. The fraction of sp³-hybridized carbons (Fsp3) is 0.571. The molecule has 2 unspecified atom stereocenters. The molecule has 96 valence electrons. The molecule has 0 aromatic heterocycles. The van der Waals surface area contributed by atoms with Crippen molar-refractivity contribution < 1.29 is 4.39 Å². The number of hydrogen-bond donors (Lipinski definition) is 1. The third-order valence-electron chi connectivity index (χ3n) is 3.47. The van der Waals surface area contributed by atoms with E-state index in [-0.39, 0.29) is 17.3 Å². The van der Waals surface area contributed by atoms with Gasteiger partial charge in [-0.3, -0.25) is 0 Å². The predicted molar refractivity (Wildman–Crippen MR) is 74.3 cm³/mol. The van der Waals surface area contributed by atoms with Crippen LogP contribution in [0.25, 0.3) is 0 Å². The SMILES string of the molecule is CC(CC(N)c1cccc(Br)c1F)C(C)(C)C. The Balaban J connectivity index is 2.84. The van der Waals surface area contributed by atoms with Crippen LogP contribution in [0.3, 0.4) is 0 Å². The van der Waals surface area contributed by atoms with Crippen LogP contribution < -0.4 is 5.73 Å². The third kappa shape index (κ3) is 3.78. The minimum Gasteiger partial charge on any atom is -0.324 e. The summed E-state index contributed by atoms with van der Waals surface area (Å²) >= 11 is 3.19. The summed E-state index contributed by atoms with van der Waals surface area (Å²) in [5, 5.41) is 0.